The Morgan fingerprint density at radius 1 is 0.154 bits per heavy atom. The molecule has 0 bridgehead atoms. The van der Waals surface area contributed by atoms with Gasteiger partial charge in [-0.15, -0.1) is 0 Å². The van der Waals surface area contributed by atoms with E-state index >= 15 is 0 Å². The predicted octanol–water partition coefficient (Wildman–Crippen LogP) is 34.9. The van der Waals surface area contributed by atoms with Crippen molar-refractivity contribution in [3.8, 4) is 66.8 Å². The van der Waals surface area contributed by atoms with Crippen molar-refractivity contribution in [3.63, 3.8) is 0 Å². The zero-order chi connectivity index (χ0) is 86.0. The zero-order valence-electron chi connectivity index (χ0n) is 75.5. The van der Waals surface area contributed by atoms with Crippen LogP contribution in [0.2, 0.25) is 0 Å². The quantitative estimate of drug-likeness (QED) is 0.134. The summed E-state index contributed by atoms with van der Waals surface area (Å²) in [7, 11) is 0. The lowest BCUT2D eigenvalue weighted by Gasteiger charge is -2.14. The average Bonchev–Trinajstić information content (AvgIpc) is 1.56. The molecule has 6 heterocycles. The summed E-state index contributed by atoms with van der Waals surface area (Å²) < 4.78 is 7.45. The first-order valence-electron chi connectivity index (χ1n) is 46.4. The molecule has 3 nitrogen and oxygen atoms in total. The standard InChI is InChI=1S/3C34H21N.9C2H6/c1-3-9-25-20(7-1)15-23-18-29-24(17-28(23)25)16-22-13-14-27-26-10-4-6-12-31(26)35-30-11-5-2-8-21(30)19-32(35)34(27)33(22)29;1-3-9-23-20(7-1)17-22-13-14-24-25-15-16-27-26-10-4-6-12-31(26)35-30-11-5-2-8-21(30)18-32(35)34(27)29(25)19-28(24)33(22)23;1-3-9-22-20(7-1)17-28-23(22)13-14-24-25-15-16-27-26-10-4-6-12-32(26)35-31-11-5-2-8-21(31)18-33(35)34(27)30(25)19-29(24)28;9*1-2/h1-14,17-19H,15-16H2;2*1-16,18H,17,19H2;9*1-2H3. The molecule has 612 valence electrons. The van der Waals surface area contributed by atoms with Crippen LogP contribution in [0.3, 0.4) is 0 Å². The number of fused-ring (bicyclic) bond motifs is 47. The van der Waals surface area contributed by atoms with Gasteiger partial charge in [-0.05, 0) is 255 Å². The normalized spacial score (nSPS) is 12.0. The number of pyridine rings is 3. The number of benzene rings is 15. The Morgan fingerprint density at radius 2 is 0.447 bits per heavy atom. The van der Waals surface area contributed by atoms with Crippen LogP contribution in [0.15, 0.2) is 309 Å². The van der Waals surface area contributed by atoms with Crippen LogP contribution >= 0.6 is 0 Å². The lowest BCUT2D eigenvalue weighted by Crippen LogP contribution is -1.94. The van der Waals surface area contributed by atoms with Crippen molar-refractivity contribution in [2.75, 3.05) is 0 Å². The summed E-state index contributed by atoms with van der Waals surface area (Å²) in [6.07, 6.45) is 6.15. The fraction of sp³-hybridized carbons (Fsp3) is 0.200. The van der Waals surface area contributed by atoms with Crippen molar-refractivity contribution in [1.29, 1.82) is 0 Å². The second-order valence-electron chi connectivity index (χ2n) is 30.3. The molecule has 0 fully saturated rings. The van der Waals surface area contributed by atoms with Gasteiger partial charge in [0, 0.05) is 48.5 Å². The Balaban J connectivity index is 0.000000125. The Morgan fingerprint density at radius 3 is 0.943 bits per heavy atom. The Bertz CT molecular complexity index is 7590. The van der Waals surface area contributed by atoms with Gasteiger partial charge in [0.05, 0.1) is 49.7 Å². The van der Waals surface area contributed by atoms with E-state index in [1.54, 1.807) is 0 Å². The van der Waals surface area contributed by atoms with Gasteiger partial charge in [0.15, 0.2) is 0 Å². The molecule has 6 aliphatic carbocycles. The highest BCUT2D eigenvalue weighted by molar-refractivity contribution is 6.23. The number of rotatable bonds is 0. The van der Waals surface area contributed by atoms with Crippen LogP contribution < -0.4 is 0 Å². The Hall–Kier alpha value is -13.1. The SMILES string of the molecule is CC.CC.CC.CC.CC.CC.CC.CC.CC.c1ccc2c(c1)Cc1c-2ccc2c1Cc1c-2ccc2c3ccccc3n3c4ccccc4cc3c12.c1ccc2c(c1)Cc1cc3c(cc1-2)Cc1ccc2c4ccccc4n4c5ccccc5cc4c2c1-3.c1ccc2c(c1)Cc1ccc3c(c1-2)Cc1c-3ccc2c3ccccc3n3c4ccccc4cc3c12. The molecule has 0 N–H and O–H groups in total. The second kappa shape index (κ2) is 35.9. The monoisotopic (exact) mass is 1600 g/mol. The molecule has 123 heavy (non-hydrogen) atoms. The van der Waals surface area contributed by atoms with Crippen LogP contribution in [0.5, 0.6) is 0 Å². The molecular weight excluding hydrogens is 1480 g/mol. The van der Waals surface area contributed by atoms with E-state index < -0.39 is 0 Å². The minimum atomic E-state index is 0.995. The molecule has 0 atom stereocenters. The number of nitrogens with zero attached hydrogens (tertiary/aromatic N) is 3. The molecule has 21 aromatic rings. The van der Waals surface area contributed by atoms with Crippen LogP contribution in [0, 0.1) is 0 Å². The summed E-state index contributed by atoms with van der Waals surface area (Å²) in [4.78, 5) is 0. The molecule has 6 aliphatic rings. The molecule has 0 saturated heterocycles. The molecule has 0 amide bonds. The maximum atomic E-state index is 2.50. The second-order valence-corrected chi connectivity index (χ2v) is 30.3. The highest BCUT2D eigenvalue weighted by Gasteiger charge is 2.34. The van der Waals surface area contributed by atoms with Gasteiger partial charge in [-0.2, -0.15) is 0 Å². The van der Waals surface area contributed by atoms with Crippen molar-refractivity contribution in [3.05, 3.63) is 376 Å². The summed E-state index contributed by atoms with van der Waals surface area (Å²) >= 11 is 0. The zero-order valence-corrected chi connectivity index (χ0v) is 75.5. The first-order valence-corrected chi connectivity index (χ1v) is 46.4. The van der Waals surface area contributed by atoms with Crippen LogP contribution in [-0.2, 0) is 38.5 Å². The fourth-order valence-electron chi connectivity index (χ4n) is 20.9. The number of aromatic nitrogens is 3. The lowest BCUT2D eigenvalue weighted by molar-refractivity contribution is 1.17. The molecule has 0 aliphatic heterocycles. The van der Waals surface area contributed by atoms with E-state index in [1.807, 2.05) is 125 Å². The highest BCUT2D eigenvalue weighted by atomic mass is 14.9. The smallest absolute Gasteiger partial charge is 0.0553 e. The third-order valence-electron chi connectivity index (χ3n) is 25.3. The van der Waals surface area contributed by atoms with Gasteiger partial charge >= 0.3 is 0 Å². The molecule has 6 aromatic heterocycles. The van der Waals surface area contributed by atoms with E-state index in [-0.39, 0.29) is 0 Å². The van der Waals surface area contributed by atoms with E-state index in [1.165, 1.54) is 248 Å². The van der Waals surface area contributed by atoms with E-state index in [4.69, 9.17) is 0 Å². The first kappa shape index (κ1) is 83.6. The summed E-state index contributed by atoms with van der Waals surface area (Å²) in [6, 6.07) is 116. The van der Waals surface area contributed by atoms with E-state index in [2.05, 4.69) is 323 Å². The molecule has 0 radical (unpaired) electrons. The number of para-hydroxylation sites is 6. The Labute approximate surface area is 728 Å². The summed E-state index contributed by atoms with van der Waals surface area (Å²) in [5, 5.41) is 16.2. The van der Waals surface area contributed by atoms with Gasteiger partial charge in [0.1, 0.15) is 0 Å². The number of hydrogen-bond acceptors (Lipinski definition) is 0. The van der Waals surface area contributed by atoms with Crippen molar-refractivity contribution in [1.82, 2.24) is 13.2 Å². The van der Waals surface area contributed by atoms with Gasteiger partial charge in [0.2, 0.25) is 0 Å². The Kier molecular flexibility index (Phi) is 24.4. The van der Waals surface area contributed by atoms with Crippen LogP contribution in [0.4, 0.5) is 0 Å². The fourth-order valence-corrected chi connectivity index (χ4v) is 20.9. The van der Waals surface area contributed by atoms with Gasteiger partial charge in [0.25, 0.3) is 0 Å². The van der Waals surface area contributed by atoms with E-state index in [0.29, 0.717) is 0 Å². The summed E-state index contributed by atoms with van der Waals surface area (Å²) in [5.41, 5.74) is 46.5. The van der Waals surface area contributed by atoms with Crippen LogP contribution in [0.25, 0.3) is 181 Å². The van der Waals surface area contributed by atoms with Crippen molar-refractivity contribution in [2.45, 2.75) is 163 Å². The third kappa shape index (κ3) is 13.2. The predicted molar refractivity (Wildman–Crippen MR) is 541 cm³/mol. The molecule has 15 aromatic carbocycles. The summed E-state index contributed by atoms with van der Waals surface area (Å²) in [5.74, 6) is 0. The topological polar surface area (TPSA) is 13.2 Å². The molecular formula is C120H117N3. The largest absolute Gasteiger partial charge is 0.309 e. The van der Waals surface area contributed by atoms with Gasteiger partial charge in [-0.25, -0.2) is 0 Å². The maximum absolute atomic E-state index is 2.50. The molecule has 0 spiro atoms. The minimum absolute atomic E-state index is 0.995. The lowest BCUT2D eigenvalue weighted by atomic mass is 9.93. The van der Waals surface area contributed by atoms with E-state index in [0.717, 1.165) is 38.5 Å². The highest BCUT2D eigenvalue weighted by Crippen LogP contribution is 2.55. The van der Waals surface area contributed by atoms with E-state index in [9.17, 15) is 0 Å². The molecule has 27 rings (SSSR count). The summed E-state index contributed by atoms with van der Waals surface area (Å²) in [6.45, 7) is 36.0. The maximum Gasteiger partial charge on any atom is 0.0553 e. The first-order chi connectivity index (χ1) is 61.1. The van der Waals surface area contributed by atoms with Gasteiger partial charge in [-0.3, -0.25) is 0 Å². The van der Waals surface area contributed by atoms with Crippen molar-refractivity contribution < 1.29 is 0 Å². The average molecular weight is 1600 g/mol. The van der Waals surface area contributed by atoms with Crippen molar-refractivity contribution in [2.24, 2.45) is 0 Å². The van der Waals surface area contributed by atoms with Crippen LogP contribution in [-0.4, -0.2) is 13.2 Å². The molecule has 0 saturated carbocycles. The number of hydrogen-bond donors (Lipinski definition) is 0. The third-order valence-corrected chi connectivity index (χ3v) is 25.3. The molecule has 3 heteroatoms. The molecule has 0 unspecified atom stereocenters. The van der Waals surface area contributed by atoms with Crippen molar-refractivity contribution >= 4 is 114 Å². The van der Waals surface area contributed by atoms with Gasteiger partial charge < -0.3 is 13.2 Å². The minimum Gasteiger partial charge on any atom is -0.309 e. The van der Waals surface area contributed by atoms with Crippen LogP contribution in [0.1, 0.15) is 191 Å². The van der Waals surface area contributed by atoms with Gasteiger partial charge in [-0.1, -0.05) is 367 Å².